The van der Waals surface area contributed by atoms with Crippen molar-refractivity contribution < 1.29 is 17.6 Å². The highest BCUT2D eigenvalue weighted by atomic mass is 19.4. The Kier molecular flexibility index (Phi) is 2.28. The van der Waals surface area contributed by atoms with Gasteiger partial charge in [-0.05, 0) is 25.5 Å². The van der Waals surface area contributed by atoms with Gasteiger partial charge in [0.1, 0.15) is 0 Å². The van der Waals surface area contributed by atoms with Crippen LogP contribution in [0.3, 0.4) is 0 Å². The predicted octanol–water partition coefficient (Wildman–Crippen LogP) is 2.86. The topological polar surface area (TPSA) is 12.9 Å². The Balaban J connectivity index is 3.32. The number of alkyl halides is 3. The van der Waals surface area contributed by atoms with Crippen molar-refractivity contribution in [1.82, 2.24) is 4.98 Å². The summed E-state index contributed by atoms with van der Waals surface area (Å²) in [6.07, 6.45) is -4.72. The van der Waals surface area contributed by atoms with Gasteiger partial charge in [-0.25, -0.2) is 9.37 Å². The van der Waals surface area contributed by atoms with Crippen molar-refractivity contribution in [2.75, 3.05) is 0 Å². The summed E-state index contributed by atoms with van der Waals surface area (Å²) in [5, 5.41) is 0. The van der Waals surface area contributed by atoms with Gasteiger partial charge in [0.05, 0.1) is 0 Å². The normalized spacial score (nSPS) is 11.8. The second-order valence-corrected chi connectivity index (χ2v) is 2.72. The Labute approximate surface area is 72.4 Å². The molecule has 0 saturated heterocycles. The number of pyridine rings is 1. The lowest BCUT2D eigenvalue weighted by molar-refractivity contribution is -0.143. The fourth-order valence-corrected chi connectivity index (χ4v) is 0.871. The third-order valence-corrected chi connectivity index (χ3v) is 1.69. The summed E-state index contributed by atoms with van der Waals surface area (Å²) in [7, 11) is 0. The standard InChI is InChI=1S/C8H7F4N/c1-4-3-6(9)7(8(10,11)12)13-5(4)2/h3H,1-2H3. The molecule has 1 aromatic heterocycles. The first-order valence-corrected chi connectivity index (χ1v) is 3.53. The highest BCUT2D eigenvalue weighted by Crippen LogP contribution is 2.30. The molecular weight excluding hydrogens is 186 g/mol. The van der Waals surface area contributed by atoms with Gasteiger partial charge >= 0.3 is 6.18 Å². The highest BCUT2D eigenvalue weighted by Gasteiger charge is 2.36. The Hall–Kier alpha value is -1.13. The molecule has 0 aromatic carbocycles. The molecule has 1 nitrogen and oxygen atoms in total. The van der Waals surface area contributed by atoms with E-state index in [4.69, 9.17) is 0 Å². The molecular formula is C8H7F4N. The van der Waals surface area contributed by atoms with Crippen molar-refractivity contribution >= 4 is 0 Å². The molecule has 0 bridgehead atoms. The van der Waals surface area contributed by atoms with Crippen LogP contribution in [0.4, 0.5) is 17.6 Å². The first-order valence-electron chi connectivity index (χ1n) is 3.53. The number of aryl methyl sites for hydroxylation is 2. The lowest BCUT2D eigenvalue weighted by Gasteiger charge is -2.08. The van der Waals surface area contributed by atoms with Crippen LogP contribution in [-0.4, -0.2) is 4.98 Å². The Morgan fingerprint density at radius 2 is 1.77 bits per heavy atom. The van der Waals surface area contributed by atoms with E-state index in [1.807, 2.05) is 0 Å². The van der Waals surface area contributed by atoms with Crippen molar-refractivity contribution in [2.24, 2.45) is 0 Å². The third kappa shape index (κ3) is 1.96. The summed E-state index contributed by atoms with van der Waals surface area (Å²) in [6.45, 7) is 2.91. The molecule has 0 unspecified atom stereocenters. The Morgan fingerprint density at radius 1 is 1.23 bits per heavy atom. The molecule has 5 heteroatoms. The van der Waals surface area contributed by atoms with E-state index in [9.17, 15) is 17.6 Å². The molecule has 0 atom stereocenters. The van der Waals surface area contributed by atoms with Gasteiger partial charge in [-0.15, -0.1) is 0 Å². The molecule has 0 saturated carbocycles. The van der Waals surface area contributed by atoms with E-state index in [1.54, 1.807) is 0 Å². The van der Waals surface area contributed by atoms with Crippen LogP contribution in [-0.2, 0) is 6.18 Å². The fraction of sp³-hybridized carbons (Fsp3) is 0.375. The van der Waals surface area contributed by atoms with Crippen molar-refractivity contribution in [3.8, 4) is 0 Å². The zero-order valence-electron chi connectivity index (χ0n) is 7.04. The number of nitrogens with zero attached hydrogens (tertiary/aromatic N) is 1. The zero-order chi connectivity index (χ0) is 10.2. The van der Waals surface area contributed by atoms with Gasteiger partial charge in [0, 0.05) is 5.69 Å². The number of rotatable bonds is 0. The molecule has 0 fully saturated rings. The molecule has 0 spiro atoms. The molecule has 0 aliphatic carbocycles. The van der Waals surface area contributed by atoms with Gasteiger partial charge in [-0.3, -0.25) is 0 Å². The van der Waals surface area contributed by atoms with E-state index in [0.717, 1.165) is 6.07 Å². The lowest BCUT2D eigenvalue weighted by Crippen LogP contribution is -2.12. The van der Waals surface area contributed by atoms with Gasteiger partial charge in [0.15, 0.2) is 11.5 Å². The van der Waals surface area contributed by atoms with E-state index in [1.165, 1.54) is 13.8 Å². The van der Waals surface area contributed by atoms with E-state index in [0.29, 0.717) is 5.56 Å². The highest BCUT2D eigenvalue weighted by molar-refractivity contribution is 5.23. The minimum absolute atomic E-state index is 0.189. The number of halogens is 4. The van der Waals surface area contributed by atoms with Crippen LogP contribution in [0.1, 0.15) is 17.0 Å². The minimum Gasteiger partial charge on any atom is -0.246 e. The van der Waals surface area contributed by atoms with Gasteiger partial charge in [0.2, 0.25) is 0 Å². The number of hydrogen-bond donors (Lipinski definition) is 0. The van der Waals surface area contributed by atoms with Crippen molar-refractivity contribution in [3.63, 3.8) is 0 Å². The molecule has 0 aliphatic heterocycles. The fourth-order valence-electron chi connectivity index (χ4n) is 0.871. The average molecular weight is 193 g/mol. The van der Waals surface area contributed by atoms with Crippen LogP contribution in [0.25, 0.3) is 0 Å². The second kappa shape index (κ2) is 2.97. The largest absolute Gasteiger partial charge is 0.436 e. The summed E-state index contributed by atoms with van der Waals surface area (Å²) in [5.41, 5.74) is -0.852. The van der Waals surface area contributed by atoms with Gasteiger partial charge in [0.25, 0.3) is 0 Å². The first kappa shape index (κ1) is 9.95. The van der Waals surface area contributed by atoms with E-state index < -0.39 is 17.7 Å². The number of aromatic nitrogens is 1. The van der Waals surface area contributed by atoms with Gasteiger partial charge < -0.3 is 0 Å². The van der Waals surface area contributed by atoms with Crippen molar-refractivity contribution in [3.05, 3.63) is 28.8 Å². The maximum Gasteiger partial charge on any atom is 0.436 e. The van der Waals surface area contributed by atoms with E-state index >= 15 is 0 Å². The van der Waals surface area contributed by atoms with Crippen molar-refractivity contribution in [1.29, 1.82) is 0 Å². The predicted molar refractivity (Wildman–Crippen MR) is 38.7 cm³/mol. The van der Waals surface area contributed by atoms with Crippen molar-refractivity contribution in [2.45, 2.75) is 20.0 Å². The molecule has 72 valence electrons. The maximum absolute atomic E-state index is 12.7. The van der Waals surface area contributed by atoms with Gasteiger partial charge in [-0.1, -0.05) is 0 Å². The molecule has 0 radical (unpaired) electrons. The second-order valence-electron chi connectivity index (χ2n) is 2.72. The molecule has 1 heterocycles. The van der Waals surface area contributed by atoms with Crippen LogP contribution in [0.2, 0.25) is 0 Å². The summed E-state index contributed by atoms with van der Waals surface area (Å²) < 4.78 is 48.9. The van der Waals surface area contributed by atoms with Gasteiger partial charge in [-0.2, -0.15) is 13.2 Å². The molecule has 0 N–H and O–H groups in total. The molecule has 0 amide bonds. The summed E-state index contributed by atoms with van der Waals surface area (Å²) in [6, 6.07) is 0.838. The summed E-state index contributed by atoms with van der Waals surface area (Å²) in [5.74, 6) is -1.32. The zero-order valence-corrected chi connectivity index (χ0v) is 7.04. The van der Waals surface area contributed by atoms with Crippen LogP contribution >= 0.6 is 0 Å². The SMILES string of the molecule is Cc1cc(F)c(C(F)(F)F)nc1C. The van der Waals surface area contributed by atoms with E-state index in [2.05, 4.69) is 4.98 Å². The Morgan fingerprint density at radius 3 is 2.23 bits per heavy atom. The maximum atomic E-state index is 12.7. The third-order valence-electron chi connectivity index (χ3n) is 1.69. The van der Waals surface area contributed by atoms with Crippen LogP contribution in [0.5, 0.6) is 0 Å². The quantitative estimate of drug-likeness (QED) is 0.577. The summed E-state index contributed by atoms with van der Waals surface area (Å²) in [4.78, 5) is 3.14. The van der Waals surface area contributed by atoms with Crippen LogP contribution in [0, 0.1) is 19.7 Å². The average Bonchev–Trinajstić information content (AvgIpc) is 1.94. The smallest absolute Gasteiger partial charge is 0.246 e. The Bertz CT molecular complexity index is 330. The summed E-state index contributed by atoms with van der Waals surface area (Å²) >= 11 is 0. The molecule has 0 aliphatic rings. The molecule has 1 rings (SSSR count). The molecule has 1 aromatic rings. The monoisotopic (exact) mass is 193 g/mol. The number of hydrogen-bond acceptors (Lipinski definition) is 1. The first-order chi connectivity index (χ1) is 5.82. The minimum atomic E-state index is -4.72. The lowest BCUT2D eigenvalue weighted by atomic mass is 10.2. The van der Waals surface area contributed by atoms with E-state index in [-0.39, 0.29) is 5.69 Å². The van der Waals surface area contributed by atoms with Crippen LogP contribution in [0.15, 0.2) is 6.07 Å². The molecule has 13 heavy (non-hydrogen) atoms. The van der Waals surface area contributed by atoms with Crippen LogP contribution < -0.4 is 0 Å².